The Labute approximate surface area is 160 Å². The minimum absolute atomic E-state index is 0.0312. The Morgan fingerprint density at radius 2 is 1.75 bits per heavy atom. The highest BCUT2D eigenvalue weighted by Gasteiger charge is 2.31. The van der Waals surface area contributed by atoms with E-state index in [1.165, 1.54) is 0 Å². The second-order valence-electron chi connectivity index (χ2n) is 6.47. The lowest BCUT2D eigenvalue weighted by atomic mass is 10.0. The molecule has 0 saturated carbocycles. The number of nitrogens with one attached hydrogen (secondary N) is 1. The first kappa shape index (κ1) is 23.3. The van der Waals surface area contributed by atoms with Gasteiger partial charge in [0, 0.05) is 12.2 Å². The van der Waals surface area contributed by atoms with Crippen LogP contribution in [0.25, 0.3) is 0 Å². The van der Waals surface area contributed by atoms with Gasteiger partial charge in [-0.05, 0) is 43.5 Å². The van der Waals surface area contributed by atoms with E-state index in [1.54, 1.807) is 20.8 Å². The van der Waals surface area contributed by atoms with E-state index < -0.39 is 42.4 Å². The van der Waals surface area contributed by atoms with Gasteiger partial charge in [0.05, 0.1) is 5.56 Å². The van der Waals surface area contributed by atoms with E-state index >= 15 is 0 Å². The Bertz CT molecular complexity index is 689. The molecular formula is C18H23F3N2O5. The molecule has 1 aromatic rings. The maximum Gasteiger partial charge on any atom is 0.416 e. The molecule has 0 spiro atoms. The van der Waals surface area contributed by atoms with Crippen LogP contribution >= 0.6 is 0 Å². The number of nitrogens with zero attached hydrogens (tertiary/aromatic N) is 1. The van der Waals surface area contributed by atoms with Crippen molar-refractivity contribution in [2.24, 2.45) is 5.92 Å². The lowest BCUT2D eigenvalue weighted by Gasteiger charge is -2.26. The number of carbonyl (C=O) groups excluding carboxylic acids is 2. The number of anilines is 1. The monoisotopic (exact) mass is 404 g/mol. The van der Waals surface area contributed by atoms with Crippen molar-refractivity contribution in [1.29, 1.82) is 0 Å². The fourth-order valence-corrected chi connectivity index (χ4v) is 2.36. The minimum atomic E-state index is -4.50. The number of rotatable bonds is 8. The summed E-state index contributed by atoms with van der Waals surface area (Å²) in [6.07, 6.45) is -6.57. The van der Waals surface area contributed by atoms with Gasteiger partial charge in [0.1, 0.15) is 6.54 Å². The fourth-order valence-electron chi connectivity index (χ4n) is 2.36. The van der Waals surface area contributed by atoms with Crippen molar-refractivity contribution in [3.63, 3.8) is 0 Å². The molecule has 0 aliphatic carbocycles. The maximum absolute atomic E-state index is 12.6. The van der Waals surface area contributed by atoms with E-state index in [1.807, 2.05) is 0 Å². The van der Waals surface area contributed by atoms with Crippen LogP contribution in [0.15, 0.2) is 24.3 Å². The lowest BCUT2D eigenvalue weighted by molar-refractivity contribution is -0.148. The summed E-state index contributed by atoms with van der Waals surface area (Å²) in [6.45, 7) is 4.77. The first-order chi connectivity index (χ1) is 12.9. The number of halogens is 3. The van der Waals surface area contributed by atoms with Crippen LogP contribution in [0.2, 0.25) is 0 Å². The van der Waals surface area contributed by atoms with Crippen molar-refractivity contribution < 1.29 is 37.4 Å². The number of carboxylic acids is 1. The molecule has 0 bridgehead atoms. The molecule has 10 heteroatoms. The lowest BCUT2D eigenvalue weighted by Crippen LogP contribution is -2.44. The van der Waals surface area contributed by atoms with Crippen LogP contribution < -0.4 is 5.32 Å². The first-order valence-corrected chi connectivity index (χ1v) is 8.59. The van der Waals surface area contributed by atoms with Gasteiger partial charge in [0.15, 0.2) is 6.10 Å². The summed E-state index contributed by atoms with van der Waals surface area (Å²) < 4.78 is 42.8. The van der Waals surface area contributed by atoms with Gasteiger partial charge < -0.3 is 14.7 Å². The normalized spacial score (nSPS) is 12.4. The average molecular weight is 404 g/mol. The number of carbonyl (C=O) groups is 3. The zero-order chi connectivity index (χ0) is 21.5. The predicted molar refractivity (Wildman–Crippen MR) is 94.7 cm³/mol. The number of amides is 2. The second kappa shape index (κ2) is 9.95. The SMILES string of the molecule is CCN(CC(=O)O)C(=O)[C@H](CC(C)C)OC(=O)Nc1ccc(C(F)(F)F)cc1. The summed E-state index contributed by atoms with van der Waals surface area (Å²) in [6, 6.07) is 3.73. The Hall–Kier alpha value is -2.78. The third-order valence-electron chi connectivity index (χ3n) is 3.69. The third-order valence-corrected chi connectivity index (χ3v) is 3.69. The second-order valence-corrected chi connectivity index (χ2v) is 6.47. The highest BCUT2D eigenvalue weighted by atomic mass is 19.4. The number of alkyl halides is 3. The molecule has 2 N–H and O–H groups in total. The topological polar surface area (TPSA) is 95.9 Å². The van der Waals surface area contributed by atoms with E-state index in [2.05, 4.69) is 5.32 Å². The molecule has 1 rings (SSSR count). The van der Waals surface area contributed by atoms with E-state index in [9.17, 15) is 27.6 Å². The molecule has 28 heavy (non-hydrogen) atoms. The van der Waals surface area contributed by atoms with Gasteiger partial charge >= 0.3 is 18.2 Å². The van der Waals surface area contributed by atoms with Gasteiger partial charge in [-0.3, -0.25) is 14.9 Å². The molecule has 0 heterocycles. The molecule has 1 atom stereocenters. The molecule has 0 fully saturated rings. The van der Waals surface area contributed by atoms with Crippen LogP contribution in [0.1, 0.15) is 32.8 Å². The first-order valence-electron chi connectivity index (χ1n) is 8.59. The van der Waals surface area contributed by atoms with Gasteiger partial charge in [0.25, 0.3) is 5.91 Å². The van der Waals surface area contributed by atoms with Gasteiger partial charge in [-0.15, -0.1) is 0 Å². The van der Waals surface area contributed by atoms with Crippen LogP contribution in [-0.2, 0) is 20.5 Å². The Morgan fingerprint density at radius 3 is 2.18 bits per heavy atom. The molecule has 0 saturated heterocycles. The molecule has 7 nitrogen and oxygen atoms in total. The van der Waals surface area contributed by atoms with Crippen molar-refractivity contribution in [3.8, 4) is 0 Å². The largest absolute Gasteiger partial charge is 0.480 e. The van der Waals surface area contributed by atoms with Gasteiger partial charge in [-0.1, -0.05) is 13.8 Å². The smallest absolute Gasteiger partial charge is 0.416 e. The maximum atomic E-state index is 12.6. The number of aliphatic carboxylic acids is 1. The summed E-state index contributed by atoms with van der Waals surface area (Å²) in [7, 11) is 0. The molecule has 156 valence electrons. The van der Waals surface area contributed by atoms with Crippen molar-refractivity contribution in [2.75, 3.05) is 18.4 Å². The molecule has 0 radical (unpaired) electrons. The van der Waals surface area contributed by atoms with E-state index in [0.29, 0.717) is 0 Å². The van der Waals surface area contributed by atoms with Crippen LogP contribution in [0.5, 0.6) is 0 Å². The highest BCUT2D eigenvalue weighted by Crippen LogP contribution is 2.29. The Balaban J connectivity index is 2.84. The van der Waals surface area contributed by atoms with Gasteiger partial charge in [-0.2, -0.15) is 13.2 Å². The zero-order valence-electron chi connectivity index (χ0n) is 15.7. The van der Waals surface area contributed by atoms with E-state index in [0.717, 1.165) is 29.2 Å². The Kier molecular flexibility index (Phi) is 8.27. The minimum Gasteiger partial charge on any atom is -0.480 e. The number of ether oxygens (including phenoxy) is 1. The molecule has 0 unspecified atom stereocenters. The Morgan fingerprint density at radius 1 is 1.18 bits per heavy atom. The summed E-state index contributed by atoms with van der Waals surface area (Å²) in [4.78, 5) is 36.5. The van der Waals surface area contributed by atoms with E-state index in [-0.39, 0.29) is 24.6 Å². The number of carboxylic acid groups (broad SMARTS) is 1. The highest BCUT2D eigenvalue weighted by molar-refractivity contribution is 5.90. The number of hydrogen-bond acceptors (Lipinski definition) is 4. The van der Waals surface area contributed by atoms with Crippen molar-refractivity contribution >= 4 is 23.7 Å². The fraction of sp³-hybridized carbons (Fsp3) is 0.500. The molecule has 0 aliphatic heterocycles. The van der Waals surface area contributed by atoms with Gasteiger partial charge in [-0.25, -0.2) is 4.79 Å². The van der Waals surface area contributed by atoms with Crippen molar-refractivity contribution in [1.82, 2.24) is 4.90 Å². The quantitative estimate of drug-likeness (QED) is 0.690. The average Bonchev–Trinajstić information content (AvgIpc) is 2.57. The van der Waals surface area contributed by atoms with Crippen LogP contribution in [0, 0.1) is 5.92 Å². The molecule has 1 aromatic carbocycles. The standard InChI is InChI=1S/C18H23F3N2O5/c1-4-23(10-15(24)25)16(26)14(9-11(2)3)28-17(27)22-13-7-5-12(6-8-13)18(19,20)21/h5-8,11,14H,4,9-10H2,1-3H3,(H,22,27)(H,24,25)/t14-/m0/s1. The number of benzene rings is 1. The summed E-state index contributed by atoms with van der Waals surface area (Å²) in [5.41, 5.74) is -0.807. The van der Waals surface area contributed by atoms with Crippen LogP contribution in [-0.4, -0.2) is 47.2 Å². The van der Waals surface area contributed by atoms with E-state index in [4.69, 9.17) is 9.84 Å². The molecule has 0 aliphatic rings. The molecule has 2 amide bonds. The van der Waals surface area contributed by atoms with Gasteiger partial charge in [0.2, 0.25) is 0 Å². The van der Waals surface area contributed by atoms with Crippen molar-refractivity contribution in [3.05, 3.63) is 29.8 Å². The summed E-state index contributed by atoms with van der Waals surface area (Å²) in [5.74, 6) is -1.88. The summed E-state index contributed by atoms with van der Waals surface area (Å²) >= 11 is 0. The molecular weight excluding hydrogens is 381 g/mol. The van der Waals surface area contributed by atoms with Crippen molar-refractivity contribution in [2.45, 2.75) is 39.5 Å². The third kappa shape index (κ3) is 7.45. The van der Waals surface area contributed by atoms with Crippen LogP contribution in [0.4, 0.5) is 23.7 Å². The van der Waals surface area contributed by atoms with Crippen LogP contribution in [0.3, 0.4) is 0 Å². The number of likely N-dealkylation sites (N-methyl/N-ethyl adjacent to an activating group) is 1. The summed E-state index contributed by atoms with van der Waals surface area (Å²) in [5, 5.41) is 11.2. The number of hydrogen-bond donors (Lipinski definition) is 2. The molecule has 0 aromatic heterocycles. The predicted octanol–water partition coefficient (Wildman–Crippen LogP) is 3.60. The zero-order valence-corrected chi connectivity index (χ0v) is 15.7.